The summed E-state index contributed by atoms with van der Waals surface area (Å²) in [5.41, 5.74) is 0.551. The van der Waals surface area contributed by atoms with Gasteiger partial charge in [0.25, 0.3) is 0 Å². The molecule has 0 saturated carbocycles. The lowest BCUT2D eigenvalue weighted by atomic mass is 10.2. The van der Waals surface area contributed by atoms with Gasteiger partial charge in [0.15, 0.2) is 5.69 Å². The molecule has 1 rings (SSSR count). The van der Waals surface area contributed by atoms with E-state index in [1.54, 1.807) is 6.07 Å². The first-order chi connectivity index (χ1) is 5.29. The fraction of sp³-hybridized carbons (Fsp3) is 0. The van der Waals surface area contributed by atoms with Gasteiger partial charge in [-0.15, -0.1) is 0 Å². The van der Waals surface area contributed by atoms with Crippen LogP contribution in [0.2, 0.25) is 0 Å². The highest BCUT2D eigenvalue weighted by molar-refractivity contribution is 14.1. The van der Waals surface area contributed by atoms with Crippen LogP contribution in [0.15, 0.2) is 12.3 Å². The smallest absolute Gasteiger partial charge is 0.159 e. The first-order valence-corrected chi connectivity index (χ1v) is 3.82. The zero-order valence-electron chi connectivity index (χ0n) is 5.37. The molecule has 0 aliphatic carbocycles. The Hall–Kier alpha value is -1.14. The lowest BCUT2D eigenvalue weighted by Crippen LogP contribution is -1.90. The lowest BCUT2D eigenvalue weighted by molar-refractivity contribution is 1.23. The van der Waals surface area contributed by atoms with E-state index in [4.69, 9.17) is 10.5 Å². The van der Waals surface area contributed by atoms with Crippen molar-refractivity contribution in [3.05, 3.63) is 27.1 Å². The third-order valence-corrected chi connectivity index (χ3v) is 2.02. The van der Waals surface area contributed by atoms with Crippen LogP contribution >= 0.6 is 22.6 Å². The number of hydrogen-bond acceptors (Lipinski definition) is 3. The molecule has 11 heavy (non-hydrogen) atoms. The summed E-state index contributed by atoms with van der Waals surface area (Å²) in [6, 6.07) is 5.47. The van der Waals surface area contributed by atoms with Crippen molar-refractivity contribution in [2.24, 2.45) is 0 Å². The molecule has 0 atom stereocenters. The van der Waals surface area contributed by atoms with Crippen LogP contribution in [0.25, 0.3) is 0 Å². The molecule has 0 radical (unpaired) electrons. The normalized spacial score (nSPS) is 8.27. The molecule has 0 aliphatic heterocycles. The van der Waals surface area contributed by atoms with Crippen molar-refractivity contribution >= 4 is 22.6 Å². The van der Waals surface area contributed by atoms with Crippen molar-refractivity contribution in [1.29, 1.82) is 10.5 Å². The molecule has 1 aromatic rings. The van der Waals surface area contributed by atoms with E-state index in [2.05, 4.69) is 4.98 Å². The van der Waals surface area contributed by atoms with Gasteiger partial charge in [0.05, 0.1) is 0 Å². The van der Waals surface area contributed by atoms with Gasteiger partial charge in [-0.2, -0.15) is 10.5 Å². The van der Waals surface area contributed by atoms with Gasteiger partial charge in [-0.05, 0) is 28.7 Å². The molecular weight excluding hydrogens is 253 g/mol. The van der Waals surface area contributed by atoms with Crippen LogP contribution in [0.1, 0.15) is 11.3 Å². The fourth-order valence-electron chi connectivity index (χ4n) is 0.629. The molecule has 4 heteroatoms. The summed E-state index contributed by atoms with van der Waals surface area (Å²) in [6.45, 7) is 0. The Balaban J connectivity index is 3.42. The SMILES string of the molecule is N#Cc1nccc(I)c1C#N. The average molecular weight is 255 g/mol. The van der Waals surface area contributed by atoms with Gasteiger partial charge in [0.1, 0.15) is 17.7 Å². The zero-order valence-corrected chi connectivity index (χ0v) is 7.53. The average Bonchev–Trinajstić information content (AvgIpc) is 2.04. The van der Waals surface area contributed by atoms with E-state index in [1.165, 1.54) is 6.20 Å². The van der Waals surface area contributed by atoms with Crippen molar-refractivity contribution < 1.29 is 0 Å². The monoisotopic (exact) mass is 255 g/mol. The zero-order chi connectivity index (χ0) is 8.27. The molecule has 0 amide bonds. The standard InChI is InChI=1S/C7H2IN3/c8-6-1-2-11-7(4-10)5(6)3-9/h1-2H. The van der Waals surface area contributed by atoms with Crippen molar-refractivity contribution in [2.45, 2.75) is 0 Å². The van der Waals surface area contributed by atoms with E-state index in [9.17, 15) is 0 Å². The van der Waals surface area contributed by atoms with Crippen LogP contribution in [0.5, 0.6) is 0 Å². The maximum Gasteiger partial charge on any atom is 0.159 e. The predicted octanol–water partition coefficient (Wildman–Crippen LogP) is 1.43. The third-order valence-electron chi connectivity index (χ3n) is 1.12. The number of nitriles is 2. The van der Waals surface area contributed by atoms with E-state index in [-0.39, 0.29) is 5.69 Å². The largest absolute Gasteiger partial charge is 0.244 e. The van der Waals surface area contributed by atoms with Crippen molar-refractivity contribution in [3.63, 3.8) is 0 Å². The van der Waals surface area contributed by atoms with Gasteiger partial charge >= 0.3 is 0 Å². The summed E-state index contributed by atoms with van der Waals surface area (Å²) < 4.78 is 0.761. The van der Waals surface area contributed by atoms with Crippen LogP contribution in [0, 0.1) is 26.2 Å². The van der Waals surface area contributed by atoms with Crippen LogP contribution in [0.4, 0.5) is 0 Å². The maximum atomic E-state index is 8.58. The number of aromatic nitrogens is 1. The van der Waals surface area contributed by atoms with E-state index in [1.807, 2.05) is 34.7 Å². The second-order valence-corrected chi connectivity index (χ2v) is 2.90. The van der Waals surface area contributed by atoms with E-state index in [0.29, 0.717) is 5.56 Å². The highest BCUT2D eigenvalue weighted by Gasteiger charge is 2.04. The quantitative estimate of drug-likeness (QED) is 0.659. The molecule has 1 aromatic heterocycles. The molecule has 0 fully saturated rings. The molecule has 0 aromatic carbocycles. The minimum Gasteiger partial charge on any atom is -0.244 e. The number of halogens is 1. The summed E-state index contributed by atoms with van der Waals surface area (Å²) in [7, 11) is 0. The fourth-order valence-corrected chi connectivity index (χ4v) is 1.17. The number of nitrogens with zero attached hydrogens (tertiary/aromatic N) is 3. The van der Waals surface area contributed by atoms with Crippen LogP contribution in [-0.2, 0) is 0 Å². The van der Waals surface area contributed by atoms with Gasteiger partial charge in [0.2, 0.25) is 0 Å². The van der Waals surface area contributed by atoms with E-state index in [0.717, 1.165) is 3.57 Å². The lowest BCUT2D eigenvalue weighted by Gasteiger charge is -1.93. The second kappa shape index (κ2) is 3.31. The van der Waals surface area contributed by atoms with Gasteiger partial charge in [0, 0.05) is 9.77 Å². The summed E-state index contributed by atoms with van der Waals surface area (Å²) in [5.74, 6) is 0. The van der Waals surface area contributed by atoms with Gasteiger partial charge < -0.3 is 0 Å². The van der Waals surface area contributed by atoms with Crippen molar-refractivity contribution in [3.8, 4) is 12.1 Å². The molecule has 1 heterocycles. The Morgan fingerprint density at radius 2 is 2.09 bits per heavy atom. The van der Waals surface area contributed by atoms with Crippen LogP contribution in [0.3, 0.4) is 0 Å². The molecule has 3 nitrogen and oxygen atoms in total. The Kier molecular flexibility index (Phi) is 2.40. The highest BCUT2D eigenvalue weighted by atomic mass is 127. The van der Waals surface area contributed by atoms with Crippen molar-refractivity contribution in [1.82, 2.24) is 4.98 Å². The Morgan fingerprint density at radius 1 is 1.36 bits per heavy atom. The van der Waals surface area contributed by atoms with Gasteiger partial charge in [-0.25, -0.2) is 4.98 Å². The Morgan fingerprint density at radius 3 is 2.55 bits per heavy atom. The predicted molar refractivity (Wildman–Crippen MR) is 46.4 cm³/mol. The molecule has 0 spiro atoms. The van der Waals surface area contributed by atoms with Crippen molar-refractivity contribution in [2.75, 3.05) is 0 Å². The summed E-state index contributed by atoms with van der Waals surface area (Å²) in [6.07, 6.45) is 1.52. The van der Waals surface area contributed by atoms with Crippen LogP contribution < -0.4 is 0 Å². The van der Waals surface area contributed by atoms with E-state index < -0.39 is 0 Å². The topological polar surface area (TPSA) is 60.5 Å². The van der Waals surface area contributed by atoms with Crippen LogP contribution in [-0.4, -0.2) is 4.98 Å². The molecule has 52 valence electrons. The summed E-state index contributed by atoms with van der Waals surface area (Å²) in [5, 5.41) is 17.1. The molecule has 0 saturated heterocycles. The minimum atomic E-state index is 0.194. The first-order valence-electron chi connectivity index (χ1n) is 2.74. The maximum absolute atomic E-state index is 8.58. The molecule has 0 N–H and O–H groups in total. The number of hydrogen-bond donors (Lipinski definition) is 0. The Bertz CT molecular complexity index is 359. The van der Waals surface area contributed by atoms with Gasteiger partial charge in [-0.3, -0.25) is 0 Å². The number of rotatable bonds is 0. The Labute approximate surface area is 77.4 Å². The third kappa shape index (κ3) is 1.47. The number of pyridine rings is 1. The highest BCUT2D eigenvalue weighted by Crippen LogP contribution is 2.12. The summed E-state index contributed by atoms with van der Waals surface area (Å²) in [4.78, 5) is 3.74. The first kappa shape index (κ1) is 7.96. The molecular formula is C7H2IN3. The molecule has 0 aliphatic rings. The molecule has 0 bridgehead atoms. The van der Waals surface area contributed by atoms with Gasteiger partial charge in [-0.1, -0.05) is 0 Å². The van der Waals surface area contributed by atoms with E-state index >= 15 is 0 Å². The second-order valence-electron chi connectivity index (χ2n) is 1.74. The minimum absolute atomic E-state index is 0.194. The molecule has 0 unspecified atom stereocenters. The summed E-state index contributed by atoms with van der Waals surface area (Å²) >= 11 is 2.00.